The van der Waals surface area contributed by atoms with Crippen molar-refractivity contribution in [3.8, 4) is 0 Å². The summed E-state index contributed by atoms with van der Waals surface area (Å²) in [5, 5.41) is 12.3. The fraction of sp³-hybridized carbons (Fsp3) is 0.625. The van der Waals surface area contributed by atoms with Gasteiger partial charge in [-0.1, -0.05) is 13.0 Å². The highest BCUT2D eigenvalue weighted by Gasteiger charge is 2.23. The van der Waals surface area contributed by atoms with Crippen molar-refractivity contribution in [3.05, 3.63) is 29.6 Å². The second-order valence-electron chi connectivity index (χ2n) is 5.58. The van der Waals surface area contributed by atoms with Gasteiger partial charge < -0.3 is 15.3 Å². The highest BCUT2D eigenvalue weighted by atomic mass is 19.1. The van der Waals surface area contributed by atoms with E-state index in [1.165, 1.54) is 0 Å². The molecule has 0 saturated carbocycles. The fourth-order valence-corrected chi connectivity index (χ4v) is 2.80. The van der Waals surface area contributed by atoms with Gasteiger partial charge in [0.05, 0.1) is 5.69 Å². The van der Waals surface area contributed by atoms with E-state index in [1.807, 2.05) is 12.1 Å². The average Bonchev–Trinajstić information content (AvgIpc) is 2.88. The molecule has 0 aromatic heterocycles. The lowest BCUT2D eigenvalue weighted by Crippen LogP contribution is -2.21. The molecule has 1 unspecified atom stereocenters. The molecule has 1 fully saturated rings. The van der Waals surface area contributed by atoms with Crippen LogP contribution in [0.15, 0.2) is 18.2 Å². The van der Waals surface area contributed by atoms with Crippen molar-refractivity contribution in [1.82, 2.24) is 5.32 Å². The van der Waals surface area contributed by atoms with Crippen molar-refractivity contribution in [2.24, 2.45) is 5.92 Å². The lowest BCUT2D eigenvalue weighted by atomic mass is 10.1. The van der Waals surface area contributed by atoms with Gasteiger partial charge in [-0.3, -0.25) is 0 Å². The van der Waals surface area contributed by atoms with Gasteiger partial charge >= 0.3 is 0 Å². The normalized spacial score (nSPS) is 18.8. The molecule has 4 heteroatoms. The van der Waals surface area contributed by atoms with E-state index in [-0.39, 0.29) is 12.4 Å². The van der Waals surface area contributed by atoms with Crippen molar-refractivity contribution in [1.29, 1.82) is 0 Å². The summed E-state index contributed by atoms with van der Waals surface area (Å²) in [7, 11) is 0. The second kappa shape index (κ2) is 7.60. The molecule has 1 aromatic rings. The van der Waals surface area contributed by atoms with E-state index in [9.17, 15) is 4.39 Å². The van der Waals surface area contributed by atoms with Gasteiger partial charge in [0, 0.05) is 26.2 Å². The number of nitrogens with one attached hydrogen (secondary N) is 1. The number of hydrogen-bond acceptors (Lipinski definition) is 3. The van der Waals surface area contributed by atoms with Crippen LogP contribution in [0.5, 0.6) is 0 Å². The number of aliphatic hydroxyl groups excluding tert-OH is 1. The quantitative estimate of drug-likeness (QED) is 0.753. The maximum atomic E-state index is 14.2. The van der Waals surface area contributed by atoms with Crippen LogP contribution in [0.25, 0.3) is 0 Å². The Bertz CT molecular complexity index is 425. The molecular weight excluding hydrogens is 255 g/mol. The monoisotopic (exact) mass is 280 g/mol. The third-order valence-electron chi connectivity index (χ3n) is 3.93. The lowest BCUT2D eigenvalue weighted by Gasteiger charge is -2.20. The summed E-state index contributed by atoms with van der Waals surface area (Å²) in [4.78, 5) is 2.10. The molecule has 0 amide bonds. The van der Waals surface area contributed by atoms with Crippen LogP contribution in [0.3, 0.4) is 0 Å². The largest absolute Gasteiger partial charge is 0.396 e. The molecule has 3 nitrogen and oxygen atoms in total. The number of halogens is 1. The van der Waals surface area contributed by atoms with Crippen molar-refractivity contribution in [2.75, 3.05) is 31.1 Å². The molecule has 1 aliphatic rings. The number of benzene rings is 1. The van der Waals surface area contributed by atoms with Crippen LogP contribution < -0.4 is 10.2 Å². The molecule has 0 bridgehead atoms. The number of nitrogens with zero attached hydrogens (tertiary/aromatic N) is 1. The van der Waals surface area contributed by atoms with E-state index in [1.54, 1.807) is 6.07 Å². The predicted octanol–water partition coefficient (Wildman–Crippen LogP) is 2.53. The molecule has 112 valence electrons. The maximum absolute atomic E-state index is 14.2. The zero-order valence-electron chi connectivity index (χ0n) is 12.2. The standard InChI is InChI=1S/C16H25FN2O/c1-2-7-18-11-14-3-4-16(15(17)10-14)19-8-5-13(12-19)6-9-20/h3-4,10,13,18,20H,2,5-9,11-12H2,1H3. The number of rotatable bonds is 7. The third-order valence-corrected chi connectivity index (χ3v) is 3.93. The van der Waals surface area contributed by atoms with Crippen molar-refractivity contribution >= 4 is 5.69 Å². The number of aliphatic hydroxyl groups is 1. The van der Waals surface area contributed by atoms with Gasteiger partial charge in [-0.2, -0.15) is 0 Å². The van der Waals surface area contributed by atoms with E-state index in [4.69, 9.17) is 5.11 Å². The van der Waals surface area contributed by atoms with Crippen molar-refractivity contribution in [2.45, 2.75) is 32.7 Å². The Labute approximate surface area is 120 Å². The summed E-state index contributed by atoms with van der Waals surface area (Å²) in [6.07, 6.45) is 2.94. The second-order valence-corrected chi connectivity index (χ2v) is 5.58. The van der Waals surface area contributed by atoms with Crippen LogP contribution in [0.2, 0.25) is 0 Å². The van der Waals surface area contributed by atoms with E-state index in [0.717, 1.165) is 51.0 Å². The number of hydrogen-bond donors (Lipinski definition) is 2. The molecule has 2 rings (SSSR count). The summed E-state index contributed by atoms with van der Waals surface area (Å²) in [5.41, 5.74) is 1.69. The molecule has 1 saturated heterocycles. The first-order chi connectivity index (χ1) is 9.74. The summed E-state index contributed by atoms with van der Waals surface area (Å²) in [6, 6.07) is 5.53. The van der Waals surface area contributed by atoms with Crippen LogP contribution in [0.1, 0.15) is 31.7 Å². The number of anilines is 1. The van der Waals surface area contributed by atoms with Crippen LogP contribution in [0.4, 0.5) is 10.1 Å². The zero-order valence-corrected chi connectivity index (χ0v) is 12.2. The molecule has 20 heavy (non-hydrogen) atoms. The summed E-state index contributed by atoms with van der Waals surface area (Å²) in [6.45, 7) is 5.76. The smallest absolute Gasteiger partial charge is 0.146 e. The van der Waals surface area contributed by atoms with Crippen LogP contribution in [-0.4, -0.2) is 31.3 Å². The Morgan fingerprint density at radius 3 is 3.00 bits per heavy atom. The van der Waals surface area contributed by atoms with Crippen molar-refractivity contribution < 1.29 is 9.50 Å². The van der Waals surface area contributed by atoms with Gasteiger partial charge in [0.1, 0.15) is 5.82 Å². The minimum atomic E-state index is -0.134. The molecule has 0 aliphatic carbocycles. The Morgan fingerprint density at radius 2 is 2.30 bits per heavy atom. The van der Waals surface area contributed by atoms with E-state index in [0.29, 0.717) is 11.6 Å². The Kier molecular flexibility index (Phi) is 5.80. The van der Waals surface area contributed by atoms with Gasteiger partial charge in [-0.05, 0) is 49.4 Å². The van der Waals surface area contributed by atoms with Gasteiger partial charge in [0.15, 0.2) is 0 Å². The van der Waals surface area contributed by atoms with Crippen molar-refractivity contribution in [3.63, 3.8) is 0 Å². The highest BCUT2D eigenvalue weighted by Crippen LogP contribution is 2.28. The Balaban J connectivity index is 1.96. The molecular formula is C16H25FN2O. The van der Waals surface area contributed by atoms with Gasteiger partial charge in [0.25, 0.3) is 0 Å². The van der Waals surface area contributed by atoms with Gasteiger partial charge in [0.2, 0.25) is 0 Å². The van der Waals surface area contributed by atoms with E-state index < -0.39 is 0 Å². The summed E-state index contributed by atoms with van der Waals surface area (Å²) < 4.78 is 14.2. The topological polar surface area (TPSA) is 35.5 Å². The van der Waals surface area contributed by atoms with Crippen LogP contribution in [-0.2, 0) is 6.54 Å². The highest BCUT2D eigenvalue weighted by molar-refractivity contribution is 5.50. The SMILES string of the molecule is CCCNCc1ccc(N2CCC(CCO)C2)c(F)c1. The third kappa shape index (κ3) is 3.93. The van der Waals surface area contributed by atoms with E-state index in [2.05, 4.69) is 17.1 Å². The first kappa shape index (κ1) is 15.3. The van der Waals surface area contributed by atoms with E-state index >= 15 is 0 Å². The fourth-order valence-electron chi connectivity index (χ4n) is 2.80. The molecule has 1 atom stereocenters. The first-order valence-corrected chi connectivity index (χ1v) is 7.59. The van der Waals surface area contributed by atoms with Gasteiger partial charge in [-0.25, -0.2) is 4.39 Å². The Morgan fingerprint density at radius 1 is 1.45 bits per heavy atom. The minimum absolute atomic E-state index is 0.134. The first-order valence-electron chi connectivity index (χ1n) is 7.59. The molecule has 0 radical (unpaired) electrons. The zero-order chi connectivity index (χ0) is 14.4. The lowest BCUT2D eigenvalue weighted by molar-refractivity contribution is 0.263. The molecule has 0 spiro atoms. The minimum Gasteiger partial charge on any atom is -0.396 e. The van der Waals surface area contributed by atoms with Crippen LogP contribution in [0, 0.1) is 11.7 Å². The maximum Gasteiger partial charge on any atom is 0.146 e. The summed E-state index contributed by atoms with van der Waals surface area (Å²) >= 11 is 0. The van der Waals surface area contributed by atoms with Gasteiger partial charge in [-0.15, -0.1) is 0 Å². The predicted molar refractivity (Wildman–Crippen MR) is 80.4 cm³/mol. The average molecular weight is 280 g/mol. The molecule has 1 aliphatic heterocycles. The summed E-state index contributed by atoms with van der Waals surface area (Å²) in [5.74, 6) is 0.357. The molecule has 2 N–H and O–H groups in total. The molecule has 1 heterocycles. The van der Waals surface area contributed by atoms with Crippen LogP contribution >= 0.6 is 0 Å². The molecule has 1 aromatic carbocycles. The Hall–Kier alpha value is -1.13.